The second-order valence-corrected chi connectivity index (χ2v) is 9.59. The number of hydrogen-bond acceptors (Lipinski definition) is 9. The molecule has 0 aliphatic carbocycles. The number of ether oxygens (including phenoxy) is 2. The number of benzene rings is 1. The minimum Gasteiger partial charge on any atom is -0.497 e. The fraction of sp³-hybridized carbons (Fsp3) is 0.435. The first-order valence-electron chi connectivity index (χ1n) is 11.5. The van der Waals surface area contributed by atoms with Crippen molar-refractivity contribution in [2.45, 2.75) is 6.54 Å². The predicted molar refractivity (Wildman–Crippen MR) is 136 cm³/mol. The van der Waals surface area contributed by atoms with E-state index in [0.29, 0.717) is 37.2 Å². The molecular weight excluding hydrogens is 486 g/mol. The maximum Gasteiger partial charge on any atom is 0.332 e. The standard InChI is InChI=1S/C23H27N7O5S/c1-26-20-19(21(32)27(2)23(26)33)29(14-24-20)13-18(31)30(7-6-28-8-10-35-11-9-28)22-25-16-12-15(34-3)4-5-17(16)36-22/h4-5,12,14H,6-11,13H2,1-3H3. The van der Waals surface area contributed by atoms with Crippen LogP contribution in [0.15, 0.2) is 34.1 Å². The Hall–Kier alpha value is -3.55. The average Bonchev–Trinajstić information content (AvgIpc) is 3.50. The van der Waals surface area contributed by atoms with Crippen molar-refractivity contribution in [3.8, 4) is 5.75 Å². The zero-order valence-electron chi connectivity index (χ0n) is 20.3. The van der Waals surface area contributed by atoms with E-state index in [1.807, 2.05) is 18.2 Å². The van der Waals surface area contributed by atoms with Crippen LogP contribution in [0.5, 0.6) is 5.75 Å². The van der Waals surface area contributed by atoms with E-state index in [4.69, 9.17) is 14.5 Å². The van der Waals surface area contributed by atoms with E-state index in [1.54, 1.807) is 19.1 Å². The maximum absolute atomic E-state index is 13.7. The summed E-state index contributed by atoms with van der Waals surface area (Å²) >= 11 is 1.42. The highest BCUT2D eigenvalue weighted by atomic mass is 32.1. The molecule has 0 radical (unpaired) electrons. The molecule has 1 aliphatic rings. The number of carbonyl (C=O) groups excluding carboxylic acids is 1. The lowest BCUT2D eigenvalue weighted by Gasteiger charge is -2.29. The molecule has 5 rings (SSSR count). The summed E-state index contributed by atoms with van der Waals surface area (Å²) in [4.78, 5) is 51.6. The highest BCUT2D eigenvalue weighted by molar-refractivity contribution is 7.22. The quantitative estimate of drug-likeness (QED) is 0.349. The number of aryl methyl sites for hydroxylation is 1. The zero-order valence-corrected chi connectivity index (χ0v) is 21.2. The predicted octanol–water partition coefficient (Wildman–Crippen LogP) is 0.417. The summed E-state index contributed by atoms with van der Waals surface area (Å²) in [6.07, 6.45) is 1.42. The molecule has 0 spiro atoms. The number of hydrogen-bond donors (Lipinski definition) is 0. The van der Waals surface area contributed by atoms with E-state index >= 15 is 0 Å². The van der Waals surface area contributed by atoms with Crippen molar-refractivity contribution in [2.75, 3.05) is 51.4 Å². The van der Waals surface area contributed by atoms with Crippen molar-refractivity contribution >= 4 is 43.8 Å². The third kappa shape index (κ3) is 4.40. The minimum absolute atomic E-state index is 0.119. The Labute approximate surface area is 209 Å². The van der Waals surface area contributed by atoms with Crippen LogP contribution in [0.3, 0.4) is 0 Å². The molecule has 36 heavy (non-hydrogen) atoms. The van der Waals surface area contributed by atoms with Crippen LogP contribution in [0.4, 0.5) is 5.13 Å². The number of carbonyl (C=O) groups is 1. The van der Waals surface area contributed by atoms with Crippen LogP contribution >= 0.6 is 11.3 Å². The summed E-state index contributed by atoms with van der Waals surface area (Å²) in [7, 11) is 4.56. The van der Waals surface area contributed by atoms with Crippen LogP contribution in [0, 0.1) is 0 Å². The molecule has 0 unspecified atom stereocenters. The Kier molecular flexibility index (Phi) is 6.60. The first-order chi connectivity index (χ1) is 17.4. The fourth-order valence-electron chi connectivity index (χ4n) is 4.28. The van der Waals surface area contributed by atoms with Gasteiger partial charge >= 0.3 is 5.69 Å². The van der Waals surface area contributed by atoms with Gasteiger partial charge in [0.1, 0.15) is 12.3 Å². The van der Waals surface area contributed by atoms with E-state index in [9.17, 15) is 14.4 Å². The SMILES string of the molecule is COc1ccc2sc(N(CCN3CCOCC3)C(=O)Cn3cnc4c3c(=O)n(C)c(=O)n4C)nc2c1. The molecule has 1 aromatic carbocycles. The number of anilines is 1. The molecule has 1 amide bonds. The van der Waals surface area contributed by atoms with Crippen molar-refractivity contribution in [2.24, 2.45) is 14.1 Å². The van der Waals surface area contributed by atoms with Gasteiger partial charge in [-0.05, 0) is 12.1 Å². The molecule has 0 saturated carbocycles. The molecule has 13 heteroatoms. The number of rotatable bonds is 7. The van der Waals surface area contributed by atoms with Crippen LogP contribution < -0.4 is 20.9 Å². The highest BCUT2D eigenvalue weighted by Gasteiger charge is 2.24. The van der Waals surface area contributed by atoms with Crippen LogP contribution in [0.25, 0.3) is 21.4 Å². The molecule has 1 aliphatic heterocycles. The number of amides is 1. The van der Waals surface area contributed by atoms with Crippen molar-refractivity contribution in [3.05, 3.63) is 45.4 Å². The molecule has 3 aromatic heterocycles. The lowest BCUT2D eigenvalue weighted by Crippen LogP contribution is -2.44. The van der Waals surface area contributed by atoms with Crippen LogP contribution in [-0.2, 0) is 30.2 Å². The van der Waals surface area contributed by atoms with Crippen molar-refractivity contribution < 1.29 is 14.3 Å². The molecule has 0 N–H and O–H groups in total. The Morgan fingerprint density at radius 2 is 1.97 bits per heavy atom. The van der Waals surface area contributed by atoms with Gasteiger partial charge < -0.3 is 14.0 Å². The summed E-state index contributed by atoms with van der Waals surface area (Å²) in [5.41, 5.74) is 0.222. The summed E-state index contributed by atoms with van der Waals surface area (Å²) in [6.45, 7) is 3.90. The fourth-order valence-corrected chi connectivity index (χ4v) is 5.27. The second-order valence-electron chi connectivity index (χ2n) is 8.58. The third-order valence-electron chi connectivity index (χ3n) is 6.38. The molecule has 1 saturated heterocycles. The Morgan fingerprint density at radius 3 is 2.72 bits per heavy atom. The first kappa shape index (κ1) is 24.2. The van der Waals surface area contributed by atoms with Crippen molar-refractivity contribution in [1.82, 2.24) is 28.6 Å². The van der Waals surface area contributed by atoms with Gasteiger partial charge in [-0.1, -0.05) is 11.3 Å². The molecule has 12 nitrogen and oxygen atoms in total. The first-order valence-corrected chi connectivity index (χ1v) is 12.3. The normalized spacial score (nSPS) is 14.5. The molecule has 0 bridgehead atoms. The van der Waals surface area contributed by atoms with Crippen LogP contribution in [0.1, 0.15) is 0 Å². The van der Waals surface area contributed by atoms with E-state index in [1.165, 1.54) is 33.8 Å². The van der Waals surface area contributed by atoms with E-state index in [-0.39, 0.29) is 23.6 Å². The molecule has 4 aromatic rings. The maximum atomic E-state index is 13.7. The third-order valence-corrected chi connectivity index (χ3v) is 7.44. The lowest BCUT2D eigenvalue weighted by atomic mass is 10.3. The van der Waals surface area contributed by atoms with Gasteiger partial charge in [-0.2, -0.15) is 0 Å². The number of thiazole rings is 1. The van der Waals surface area contributed by atoms with Gasteiger partial charge in [0, 0.05) is 46.3 Å². The topological polar surface area (TPSA) is 117 Å². The summed E-state index contributed by atoms with van der Waals surface area (Å²) < 4.78 is 15.5. The number of morpholine rings is 1. The van der Waals surface area contributed by atoms with Gasteiger partial charge in [0.2, 0.25) is 5.91 Å². The number of aromatic nitrogens is 5. The lowest BCUT2D eigenvalue weighted by molar-refractivity contribution is -0.119. The monoisotopic (exact) mass is 513 g/mol. The van der Waals surface area contributed by atoms with Gasteiger partial charge in [0.05, 0.1) is 36.9 Å². The number of imidazole rings is 1. The van der Waals surface area contributed by atoms with Gasteiger partial charge in [0.15, 0.2) is 16.3 Å². The summed E-state index contributed by atoms with van der Waals surface area (Å²) in [5, 5.41) is 0.571. The van der Waals surface area contributed by atoms with Gasteiger partial charge in [0.25, 0.3) is 5.56 Å². The zero-order chi connectivity index (χ0) is 25.4. The number of methoxy groups -OCH3 is 1. The van der Waals surface area contributed by atoms with Gasteiger partial charge in [-0.15, -0.1) is 0 Å². The largest absolute Gasteiger partial charge is 0.497 e. The number of fused-ring (bicyclic) bond motifs is 2. The molecule has 190 valence electrons. The molecule has 1 fully saturated rings. The summed E-state index contributed by atoms with van der Waals surface area (Å²) in [6, 6.07) is 5.63. The Morgan fingerprint density at radius 1 is 1.19 bits per heavy atom. The highest BCUT2D eigenvalue weighted by Crippen LogP contribution is 2.31. The second kappa shape index (κ2) is 9.84. The van der Waals surface area contributed by atoms with Crippen LogP contribution in [-0.4, -0.2) is 81.0 Å². The Balaban J connectivity index is 1.48. The van der Waals surface area contributed by atoms with E-state index < -0.39 is 11.2 Å². The van der Waals surface area contributed by atoms with Gasteiger partial charge in [-0.3, -0.25) is 28.5 Å². The van der Waals surface area contributed by atoms with Crippen molar-refractivity contribution in [3.63, 3.8) is 0 Å². The molecule has 0 atom stereocenters. The van der Waals surface area contributed by atoms with E-state index in [0.717, 1.165) is 27.9 Å². The Bertz CT molecular complexity index is 1550. The molecular formula is C23H27N7O5S. The minimum atomic E-state index is -0.495. The molecule has 4 heterocycles. The van der Waals surface area contributed by atoms with Crippen molar-refractivity contribution in [1.29, 1.82) is 0 Å². The average molecular weight is 514 g/mol. The van der Waals surface area contributed by atoms with E-state index in [2.05, 4.69) is 9.88 Å². The van der Waals surface area contributed by atoms with Crippen LogP contribution in [0.2, 0.25) is 0 Å². The number of nitrogens with zero attached hydrogens (tertiary/aromatic N) is 7. The van der Waals surface area contributed by atoms with Gasteiger partial charge in [-0.25, -0.2) is 14.8 Å². The summed E-state index contributed by atoms with van der Waals surface area (Å²) in [5.74, 6) is 0.460. The smallest absolute Gasteiger partial charge is 0.332 e.